The Morgan fingerprint density at radius 1 is 0.769 bits per heavy atom. The number of nitrogens with zero attached hydrogens (tertiary/aromatic N) is 2. The molecular weight excluding hydrogens is 388 g/mol. The van der Waals surface area contributed by atoms with Crippen LogP contribution in [0.3, 0.4) is 0 Å². The van der Waals surface area contributed by atoms with Crippen LogP contribution in [0.1, 0.15) is 0 Å². The van der Waals surface area contributed by atoms with E-state index in [2.05, 4.69) is 0 Å². The van der Waals surface area contributed by atoms with Crippen molar-refractivity contribution in [3.05, 3.63) is 58.2 Å². The highest BCUT2D eigenvalue weighted by atomic mass is 35.5. The molecule has 0 fully saturated rings. The molecule has 0 saturated heterocycles. The number of halogens is 1. The van der Waals surface area contributed by atoms with E-state index in [4.69, 9.17) is 31.0 Å². The quantitative estimate of drug-likeness (QED) is 0.425. The predicted molar refractivity (Wildman–Crippen MR) is 105 cm³/mol. The molecule has 0 aliphatic carbocycles. The molecule has 0 radical (unpaired) electrons. The second-order valence-corrected chi connectivity index (χ2v) is 7.80. The van der Waals surface area contributed by atoms with Crippen molar-refractivity contribution in [2.24, 2.45) is 0 Å². The van der Waals surface area contributed by atoms with Gasteiger partial charge in [0.15, 0.2) is 21.5 Å². The van der Waals surface area contributed by atoms with Crippen LogP contribution in [0.5, 0.6) is 11.5 Å². The standard InChI is InChI=1S/C19H11ClN2O2S2/c20-13-4-1-11(2-5-13)14-8-25-18(21-14)19-22-15(9-26-19)12-3-6-16-17(7-12)24-10-23-16/h1-9H,10H2. The van der Waals surface area contributed by atoms with Crippen molar-refractivity contribution in [1.82, 2.24) is 9.97 Å². The minimum atomic E-state index is 0.272. The average molecular weight is 399 g/mol. The van der Waals surface area contributed by atoms with Crippen LogP contribution >= 0.6 is 34.3 Å². The molecule has 4 aromatic rings. The third-order valence-corrected chi connectivity index (χ3v) is 6.08. The fraction of sp³-hybridized carbons (Fsp3) is 0.0526. The average Bonchev–Trinajstić information content (AvgIpc) is 3.40. The van der Waals surface area contributed by atoms with Gasteiger partial charge in [0.1, 0.15) is 0 Å². The number of hydrogen-bond acceptors (Lipinski definition) is 6. The van der Waals surface area contributed by atoms with Gasteiger partial charge in [0, 0.05) is 26.9 Å². The van der Waals surface area contributed by atoms with Crippen LogP contribution in [0.2, 0.25) is 5.02 Å². The molecule has 1 aliphatic heterocycles. The lowest BCUT2D eigenvalue weighted by molar-refractivity contribution is 0.174. The zero-order valence-electron chi connectivity index (χ0n) is 13.3. The number of fused-ring (bicyclic) bond motifs is 1. The highest BCUT2D eigenvalue weighted by Gasteiger charge is 2.16. The molecule has 1 aliphatic rings. The zero-order chi connectivity index (χ0) is 17.5. The van der Waals surface area contributed by atoms with E-state index in [-0.39, 0.29) is 6.79 Å². The van der Waals surface area contributed by atoms with E-state index in [1.807, 2.05) is 53.2 Å². The first kappa shape index (κ1) is 15.8. The Hall–Kier alpha value is -2.41. The summed E-state index contributed by atoms with van der Waals surface area (Å²) in [6.07, 6.45) is 0. The summed E-state index contributed by atoms with van der Waals surface area (Å²) in [6, 6.07) is 13.6. The topological polar surface area (TPSA) is 44.2 Å². The first-order valence-corrected chi connectivity index (χ1v) is 9.97. The van der Waals surface area contributed by atoms with Crippen molar-refractivity contribution in [2.75, 3.05) is 6.79 Å². The minimum Gasteiger partial charge on any atom is -0.454 e. The zero-order valence-corrected chi connectivity index (χ0v) is 15.7. The fourth-order valence-electron chi connectivity index (χ4n) is 2.69. The van der Waals surface area contributed by atoms with Gasteiger partial charge in [0.25, 0.3) is 0 Å². The van der Waals surface area contributed by atoms with Gasteiger partial charge in [-0.05, 0) is 30.3 Å². The largest absolute Gasteiger partial charge is 0.454 e. The Balaban J connectivity index is 1.44. The number of hydrogen-bond donors (Lipinski definition) is 0. The molecule has 7 heteroatoms. The number of aromatic nitrogens is 2. The van der Waals surface area contributed by atoms with Crippen molar-refractivity contribution in [2.45, 2.75) is 0 Å². The summed E-state index contributed by atoms with van der Waals surface area (Å²) in [7, 11) is 0. The van der Waals surface area contributed by atoms with Gasteiger partial charge in [-0.3, -0.25) is 0 Å². The minimum absolute atomic E-state index is 0.272. The Labute approximate surface area is 162 Å². The summed E-state index contributed by atoms with van der Waals surface area (Å²) in [5.41, 5.74) is 3.89. The second kappa shape index (κ2) is 6.39. The molecule has 128 valence electrons. The lowest BCUT2D eigenvalue weighted by atomic mass is 10.1. The van der Waals surface area contributed by atoms with Crippen molar-refractivity contribution >= 4 is 34.3 Å². The second-order valence-electron chi connectivity index (χ2n) is 5.65. The number of thiazole rings is 2. The summed E-state index contributed by atoms with van der Waals surface area (Å²) in [5.74, 6) is 1.54. The van der Waals surface area contributed by atoms with Crippen molar-refractivity contribution in [3.8, 4) is 44.0 Å². The molecule has 26 heavy (non-hydrogen) atoms. The molecular formula is C19H11ClN2O2S2. The fourth-order valence-corrected chi connectivity index (χ4v) is 4.52. The van der Waals surface area contributed by atoms with Crippen LogP contribution in [0.4, 0.5) is 0 Å². The van der Waals surface area contributed by atoms with Crippen LogP contribution in [-0.4, -0.2) is 16.8 Å². The smallest absolute Gasteiger partial charge is 0.231 e. The van der Waals surface area contributed by atoms with E-state index in [0.717, 1.165) is 49.1 Å². The highest BCUT2D eigenvalue weighted by molar-refractivity contribution is 7.20. The summed E-state index contributed by atoms with van der Waals surface area (Å²) >= 11 is 9.13. The van der Waals surface area contributed by atoms with Gasteiger partial charge in [0.2, 0.25) is 6.79 Å². The maximum atomic E-state index is 5.95. The van der Waals surface area contributed by atoms with Crippen LogP contribution in [0.25, 0.3) is 32.5 Å². The van der Waals surface area contributed by atoms with Crippen LogP contribution in [0.15, 0.2) is 53.2 Å². The molecule has 0 spiro atoms. The third kappa shape index (κ3) is 2.86. The molecule has 0 unspecified atom stereocenters. The molecule has 0 bridgehead atoms. The molecule has 2 aromatic carbocycles. The van der Waals surface area contributed by atoms with E-state index < -0.39 is 0 Å². The summed E-state index contributed by atoms with van der Waals surface area (Å²) in [4.78, 5) is 9.47. The molecule has 2 aromatic heterocycles. The van der Waals surface area contributed by atoms with Crippen molar-refractivity contribution in [1.29, 1.82) is 0 Å². The van der Waals surface area contributed by atoms with E-state index in [1.165, 1.54) is 0 Å². The molecule has 0 saturated carbocycles. The molecule has 0 atom stereocenters. The molecule has 4 nitrogen and oxygen atoms in total. The lowest BCUT2D eigenvalue weighted by Crippen LogP contribution is -1.92. The first-order chi connectivity index (χ1) is 12.8. The molecule has 0 amide bonds. The Bertz CT molecular complexity index is 1090. The van der Waals surface area contributed by atoms with Crippen molar-refractivity contribution in [3.63, 3.8) is 0 Å². The molecule has 5 rings (SSSR count). The Morgan fingerprint density at radius 2 is 1.38 bits per heavy atom. The normalized spacial score (nSPS) is 12.5. The number of rotatable bonds is 3. The van der Waals surface area contributed by atoms with E-state index in [0.29, 0.717) is 0 Å². The van der Waals surface area contributed by atoms with Crippen LogP contribution in [0, 0.1) is 0 Å². The van der Waals surface area contributed by atoms with Gasteiger partial charge in [-0.25, -0.2) is 9.97 Å². The summed E-state index contributed by atoms with van der Waals surface area (Å²) in [6.45, 7) is 0.272. The maximum Gasteiger partial charge on any atom is 0.231 e. The Kier molecular flexibility index (Phi) is 3.89. The van der Waals surface area contributed by atoms with Gasteiger partial charge in [-0.2, -0.15) is 0 Å². The number of benzene rings is 2. The highest BCUT2D eigenvalue weighted by Crippen LogP contribution is 2.38. The van der Waals surface area contributed by atoms with Gasteiger partial charge in [0.05, 0.1) is 11.4 Å². The van der Waals surface area contributed by atoms with Gasteiger partial charge in [-0.15, -0.1) is 22.7 Å². The van der Waals surface area contributed by atoms with Crippen LogP contribution < -0.4 is 9.47 Å². The van der Waals surface area contributed by atoms with E-state index >= 15 is 0 Å². The van der Waals surface area contributed by atoms with Gasteiger partial charge >= 0.3 is 0 Å². The number of ether oxygens (including phenoxy) is 2. The monoisotopic (exact) mass is 398 g/mol. The molecule has 3 heterocycles. The molecule has 0 N–H and O–H groups in total. The lowest BCUT2D eigenvalue weighted by Gasteiger charge is -1.99. The van der Waals surface area contributed by atoms with Gasteiger partial charge in [-0.1, -0.05) is 23.7 Å². The predicted octanol–water partition coefficient (Wildman–Crippen LogP) is 5.98. The van der Waals surface area contributed by atoms with Gasteiger partial charge < -0.3 is 9.47 Å². The maximum absolute atomic E-state index is 5.95. The van der Waals surface area contributed by atoms with Crippen molar-refractivity contribution < 1.29 is 9.47 Å². The first-order valence-electron chi connectivity index (χ1n) is 7.84. The Morgan fingerprint density at radius 3 is 2.12 bits per heavy atom. The summed E-state index contributed by atoms with van der Waals surface area (Å²) in [5, 5.41) is 6.61. The summed E-state index contributed by atoms with van der Waals surface area (Å²) < 4.78 is 10.8. The third-order valence-electron chi connectivity index (χ3n) is 4.00. The van der Waals surface area contributed by atoms with E-state index in [9.17, 15) is 0 Å². The van der Waals surface area contributed by atoms with E-state index in [1.54, 1.807) is 22.7 Å². The SMILES string of the molecule is Clc1ccc(-c2csc(-c3nc(-c4ccc5c(c4)OCO5)cs3)n2)cc1. The van der Waals surface area contributed by atoms with Crippen LogP contribution in [-0.2, 0) is 0 Å².